The zero-order valence-corrected chi connectivity index (χ0v) is 19.7. The molecule has 4 aliphatic carbocycles. The maximum Gasteiger partial charge on any atom is 0.238 e. The van der Waals surface area contributed by atoms with Gasteiger partial charge >= 0.3 is 0 Å². The molecule has 2 bridgehead atoms. The largest absolute Gasteiger partial charge is 0.497 e. The summed E-state index contributed by atoms with van der Waals surface area (Å²) in [6, 6.07) is 13.8. The van der Waals surface area contributed by atoms with E-state index in [4.69, 9.17) is 9.47 Å². The highest BCUT2D eigenvalue weighted by Crippen LogP contribution is 2.68. The molecule has 8 atom stereocenters. The maximum absolute atomic E-state index is 13.6. The van der Waals surface area contributed by atoms with E-state index in [0.717, 1.165) is 0 Å². The summed E-state index contributed by atoms with van der Waals surface area (Å²) in [4.78, 5) is 56.9. The number of hydrogen-bond acceptors (Lipinski definition) is 6. The minimum Gasteiger partial charge on any atom is -0.497 e. The number of rotatable bonds is 4. The number of hydrogen-bond donors (Lipinski definition) is 0. The fraction of sp³-hybridized carbons (Fsp3) is 0.357. The van der Waals surface area contributed by atoms with Gasteiger partial charge in [0.2, 0.25) is 23.6 Å². The number of ether oxygens (including phenoxy) is 2. The molecule has 2 aromatic carbocycles. The Labute approximate surface area is 207 Å². The number of methoxy groups -OCH3 is 2. The molecule has 8 nitrogen and oxygen atoms in total. The zero-order chi connectivity index (χ0) is 24.9. The molecule has 36 heavy (non-hydrogen) atoms. The van der Waals surface area contributed by atoms with Gasteiger partial charge in [-0.05, 0) is 72.2 Å². The van der Waals surface area contributed by atoms with Gasteiger partial charge in [0.05, 0.1) is 49.3 Å². The van der Waals surface area contributed by atoms with Gasteiger partial charge in [0.25, 0.3) is 0 Å². The summed E-state index contributed by atoms with van der Waals surface area (Å²) in [7, 11) is 3.12. The SMILES string of the molecule is COc1ccc(N2C(=O)[C@@H]3[C@@H]4C=C[C@@H]([C@@H]3C2=O)[C@H]2[C@H]3C(=O)N(c5ccc(OC)cc5)C(=O)[C@@H]3[C@H]42)cc1. The molecule has 2 saturated carbocycles. The minimum absolute atomic E-state index is 0.112. The third-order valence-electron chi connectivity index (χ3n) is 9.00. The lowest BCUT2D eigenvalue weighted by molar-refractivity contribution is -0.166. The average molecular weight is 485 g/mol. The van der Waals surface area contributed by atoms with E-state index < -0.39 is 23.7 Å². The van der Waals surface area contributed by atoms with Crippen LogP contribution in [0.3, 0.4) is 0 Å². The molecule has 4 fully saturated rings. The lowest BCUT2D eigenvalue weighted by atomic mass is 9.40. The first-order valence-electron chi connectivity index (χ1n) is 12.2. The van der Waals surface area contributed by atoms with Crippen molar-refractivity contribution in [3.63, 3.8) is 0 Å². The number of allylic oxidation sites excluding steroid dienone is 2. The third kappa shape index (κ3) is 2.49. The summed E-state index contributed by atoms with van der Waals surface area (Å²) in [5.74, 6) is -2.21. The number of amides is 4. The fourth-order valence-corrected chi connectivity index (χ4v) is 7.57. The molecule has 2 heterocycles. The van der Waals surface area contributed by atoms with E-state index in [1.165, 1.54) is 9.80 Å². The van der Waals surface area contributed by atoms with Crippen LogP contribution in [-0.4, -0.2) is 37.8 Å². The monoisotopic (exact) mass is 484 g/mol. The van der Waals surface area contributed by atoms with Crippen molar-refractivity contribution in [2.24, 2.45) is 47.3 Å². The summed E-state index contributed by atoms with van der Waals surface area (Å²) in [5.41, 5.74) is 1.04. The van der Waals surface area contributed by atoms with Crippen molar-refractivity contribution in [3.8, 4) is 11.5 Å². The predicted octanol–water partition coefficient (Wildman–Crippen LogP) is 2.68. The van der Waals surface area contributed by atoms with Crippen molar-refractivity contribution in [1.82, 2.24) is 0 Å². The molecule has 0 aromatic heterocycles. The lowest BCUT2D eigenvalue weighted by Crippen LogP contribution is -2.63. The summed E-state index contributed by atoms with van der Waals surface area (Å²) in [6.45, 7) is 0. The van der Waals surface area contributed by atoms with Crippen LogP contribution in [0.4, 0.5) is 11.4 Å². The summed E-state index contributed by atoms with van der Waals surface area (Å²) < 4.78 is 10.4. The second kappa shape index (κ2) is 7.29. The first-order valence-corrected chi connectivity index (χ1v) is 12.2. The molecule has 2 saturated heterocycles. The lowest BCUT2D eigenvalue weighted by Gasteiger charge is -2.60. The van der Waals surface area contributed by atoms with E-state index in [0.29, 0.717) is 22.9 Å². The molecule has 2 aromatic rings. The third-order valence-corrected chi connectivity index (χ3v) is 9.00. The normalized spacial score (nSPS) is 35.5. The smallest absolute Gasteiger partial charge is 0.238 e. The first kappa shape index (κ1) is 21.4. The van der Waals surface area contributed by atoms with Crippen LogP contribution in [0.5, 0.6) is 11.5 Å². The van der Waals surface area contributed by atoms with Gasteiger partial charge in [-0.3, -0.25) is 29.0 Å². The van der Waals surface area contributed by atoms with Gasteiger partial charge in [0, 0.05) is 0 Å². The Hall–Kier alpha value is -3.94. The molecule has 2 aliphatic heterocycles. The van der Waals surface area contributed by atoms with Crippen LogP contribution in [0.15, 0.2) is 60.7 Å². The van der Waals surface area contributed by atoms with E-state index in [1.807, 2.05) is 12.2 Å². The van der Waals surface area contributed by atoms with Crippen molar-refractivity contribution in [1.29, 1.82) is 0 Å². The van der Waals surface area contributed by atoms with Gasteiger partial charge in [0.15, 0.2) is 0 Å². The molecular weight excluding hydrogens is 460 g/mol. The highest BCUT2D eigenvalue weighted by molar-refractivity contribution is 6.25. The van der Waals surface area contributed by atoms with E-state index in [9.17, 15) is 19.2 Å². The van der Waals surface area contributed by atoms with Gasteiger partial charge in [-0.15, -0.1) is 0 Å². The molecule has 0 radical (unpaired) electrons. The topological polar surface area (TPSA) is 93.2 Å². The number of nitrogens with zero attached hydrogens (tertiary/aromatic N) is 2. The summed E-state index contributed by atoms with van der Waals surface area (Å²) >= 11 is 0. The number of carbonyl (C=O) groups excluding carboxylic acids is 4. The Bertz CT molecular complexity index is 1290. The highest BCUT2D eigenvalue weighted by atomic mass is 16.5. The van der Waals surface area contributed by atoms with E-state index in [1.54, 1.807) is 62.8 Å². The van der Waals surface area contributed by atoms with Crippen LogP contribution in [-0.2, 0) is 19.2 Å². The van der Waals surface area contributed by atoms with Crippen LogP contribution in [0.25, 0.3) is 0 Å². The number of benzene rings is 2. The van der Waals surface area contributed by atoms with Gasteiger partial charge < -0.3 is 9.47 Å². The van der Waals surface area contributed by atoms with Crippen molar-refractivity contribution >= 4 is 35.0 Å². The van der Waals surface area contributed by atoms with Crippen LogP contribution < -0.4 is 19.3 Å². The Morgan fingerprint density at radius 2 is 0.861 bits per heavy atom. The van der Waals surface area contributed by atoms with E-state index >= 15 is 0 Å². The molecule has 8 rings (SSSR count). The molecule has 6 aliphatic rings. The van der Waals surface area contributed by atoms with Crippen molar-refractivity contribution < 1.29 is 28.7 Å². The molecule has 0 N–H and O–H groups in total. The second-order valence-electron chi connectivity index (χ2n) is 10.2. The Morgan fingerprint density at radius 1 is 0.528 bits per heavy atom. The number of carbonyl (C=O) groups is 4. The van der Waals surface area contributed by atoms with Gasteiger partial charge in [-0.2, -0.15) is 0 Å². The standard InChI is InChI=1S/C28H24N2O6/c1-35-15-7-3-13(4-8-15)29-25(31)21-17-11-12-18(22(21)26(29)32)20-19(17)23-24(20)28(34)30(27(23)33)14-5-9-16(36-2)10-6-14/h3-12,17-24H,1-2H3/t17-,18-,19-,20-,21-,22+,23-,24-/m1/s1. The molecule has 8 heteroatoms. The van der Waals surface area contributed by atoms with Crippen molar-refractivity contribution in [3.05, 3.63) is 60.7 Å². The summed E-state index contributed by atoms with van der Waals surface area (Å²) in [6.07, 6.45) is 4.03. The molecular formula is C28H24N2O6. The van der Waals surface area contributed by atoms with Crippen LogP contribution in [0.1, 0.15) is 0 Å². The van der Waals surface area contributed by atoms with Crippen molar-refractivity contribution in [2.75, 3.05) is 24.0 Å². The van der Waals surface area contributed by atoms with Gasteiger partial charge in [-0.25, -0.2) is 0 Å². The van der Waals surface area contributed by atoms with Gasteiger partial charge in [0.1, 0.15) is 11.5 Å². The number of imide groups is 2. The van der Waals surface area contributed by atoms with Gasteiger partial charge in [-0.1, -0.05) is 12.2 Å². The number of fused-ring (bicyclic) bond motifs is 1. The summed E-state index contributed by atoms with van der Waals surface area (Å²) in [5, 5.41) is 0. The van der Waals surface area contributed by atoms with Crippen LogP contribution in [0, 0.1) is 47.3 Å². The molecule has 0 spiro atoms. The fourth-order valence-electron chi connectivity index (χ4n) is 7.57. The maximum atomic E-state index is 13.6. The Balaban J connectivity index is 1.22. The quantitative estimate of drug-likeness (QED) is 0.489. The predicted molar refractivity (Wildman–Crippen MR) is 128 cm³/mol. The molecule has 4 amide bonds. The Kier molecular flexibility index (Phi) is 4.32. The molecule has 0 unspecified atom stereocenters. The average Bonchev–Trinajstić information content (AvgIpc) is 3.28. The van der Waals surface area contributed by atoms with E-state index in [-0.39, 0.29) is 47.3 Å². The molecule has 182 valence electrons. The van der Waals surface area contributed by atoms with Crippen molar-refractivity contribution in [2.45, 2.75) is 0 Å². The number of anilines is 2. The highest BCUT2D eigenvalue weighted by Gasteiger charge is 2.75. The minimum atomic E-state index is -0.505. The second-order valence-corrected chi connectivity index (χ2v) is 10.2. The first-order chi connectivity index (χ1) is 17.5. The van der Waals surface area contributed by atoms with Crippen LogP contribution >= 0.6 is 0 Å². The zero-order valence-electron chi connectivity index (χ0n) is 19.7. The Morgan fingerprint density at radius 3 is 1.19 bits per heavy atom. The van der Waals surface area contributed by atoms with Crippen LogP contribution in [0.2, 0.25) is 0 Å². The van der Waals surface area contributed by atoms with E-state index in [2.05, 4.69) is 0 Å².